The summed E-state index contributed by atoms with van der Waals surface area (Å²) in [5, 5.41) is 0. The Morgan fingerprint density at radius 1 is 0.650 bits per heavy atom. The van der Waals surface area contributed by atoms with Gasteiger partial charge in [-0.2, -0.15) is 0 Å². The van der Waals surface area contributed by atoms with Crippen molar-refractivity contribution in [3.8, 4) is 0 Å². The van der Waals surface area contributed by atoms with Crippen LogP contribution in [0.25, 0.3) is 0 Å². The maximum absolute atomic E-state index is 12.9. The van der Waals surface area contributed by atoms with Crippen LogP contribution in [0.4, 0.5) is 0 Å². The van der Waals surface area contributed by atoms with E-state index in [0.29, 0.717) is 0 Å². The summed E-state index contributed by atoms with van der Waals surface area (Å²) in [6.07, 6.45) is 0. The summed E-state index contributed by atoms with van der Waals surface area (Å²) in [5.74, 6) is 0. The van der Waals surface area contributed by atoms with E-state index in [-0.39, 0.29) is 0 Å². The molecule has 0 fully saturated rings. The zero-order chi connectivity index (χ0) is 15.0. The lowest BCUT2D eigenvalue weighted by Gasteiger charge is -2.18. The first-order valence-electron chi connectivity index (χ1n) is 6.90. The fourth-order valence-corrected chi connectivity index (χ4v) is 4.00. The monoisotopic (exact) mass is 286 g/mol. The molecule has 0 aliphatic rings. The summed E-state index contributed by atoms with van der Waals surface area (Å²) in [7, 11) is -1.11. The Hall–Kier alpha value is -1.41. The lowest BCUT2D eigenvalue weighted by Crippen LogP contribution is -2.05. The minimum Gasteiger partial charge on any atom is -0.249 e. The first kappa shape index (κ1) is 15.0. The van der Waals surface area contributed by atoms with Gasteiger partial charge < -0.3 is 0 Å². The lowest BCUT2D eigenvalue weighted by atomic mass is 9.95. The third-order valence-corrected chi connectivity index (χ3v) is 6.04. The number of hydrogen-bond acceptors (Lipinski definition) is 1. The molecular formula is C18H22OS. The first-order chi connectivity index (χ1) is 9.34. The molecule has 2 heteroatoms. The average Bonchev–Trinajstić information content (AvgIpc) is 2.44. The van der Waals surface area contributed by atoms with Crippen LogP contribution in [0.1, 0.15) is 33.4 Å². The smallest absolute Gasteiger partial charge is 0.0855 e. The van der Waals surface area contributed by atoms with Crippen molar-refractivity contribution in [1.29, 1.82) is 0 Å². The van der Waals surface area contributed by atoms with Gasteiger partial charge in [-0.15, -0.1) is 0 Å². The topological polar surface area (TPSA) is 17.1 Å². The molecule has 0 radical (unpaired) electrons. The summed E-state index contributed by atoms with van der Waals surface area (Å²) in [4.78, 5) is 1.86. The minimum atomic E-state index is -1.11. The van der Waals surface area contributed by atoms with E-state index in [1.54, 1.807) is 0 Å². The second-order valence-corrected chi connectivity index (χ2v) is 6.95. The number of aryl methyl sites for hydroxylation is 1. The normalized spacial score (nSPS) is 12.5. The summed E-state index contributed by atoms with van der Waals surface area (Å²) < 4.78 is 12.9. The quantitative estimate of drug-likeness (QED) is 0.782. The van der Waals surface area contributed by atoms with E-state index in [2.05, 4.69) is 34.6 Å². The lowest BCUT2D eigenvalue weighted by molar-refractivity contribution is 0.682. The zero-order valence-corrected chi connectivity index (χ0v) is 13.9. The summed E-state index contributed by atoms with van der Waals surface area (Å²) in [6, 6.07) is 7.97. The Labute approximate surface area is 124 Å². The molecule has 1 atom stereocenters. The average molecular weight is 286 g/mol. The van der Waals surface area contributed by atoms with Gasteiger partial charge in [-0.1, -0.05) is 17.7 Å². The van der Waals surface area contributed by atoms with Gasteiger partial charge in [-0.3, -0.25) is 0 Å². The predicted molar refractivity (Wildman–Crippen MR) is 86.0 cm³/mol. The zero-order valence-electron chi connectivity index (χ0n) is 13.1. The van der Waals surface area contributed by atoms with Gasteiger partial charge in [-0.05, 0) is 81.5 Å². The summed E-state index contributed by atoms with van der Waals surface area (Å²) >= 11 is 0. The summed E-state index contributed by atoms with van der Waals surface area (Å²) in [6.45, 7) is 12.6. The Bertz CT molecular complexity index is 653. The van der Waals surface area contributed by atoms with Crippen molar-refractivity contribution < 1.29 is 4.21 Å². The number of rotatable bonds is 2. The van der Waals surface area contributed by atoms with Crippen molar-refractivity contribution >= 4 is 10.8 Å². The van der Waals surface area contributed by atoms with Crippen LogP contribution in [0.5, 0.6) is 0 Å². The van der Waals surface area contributed by atoms with E-state index in [0.717, 1.165) is 20.9 Å². The fourth-order valence-electron chi connectivity index (χ4n) is 2.52. The molecule has 2 aromatic rings. The third-order valence-electron chi connectivity index (χ3n) is 4.35. The molecule has 1 unspecified atom stereocenters. The van der Waals surface area contributed by atoms with E-state index in [1.165, 1.54) is 22.3 Å². The van der Waals surface area contributed by atoms with Crippen molar-refractivity contribution in [2.75, 3.05) is 0 Å². The van der Waals surface area contributed by atoms with Gasteiger partial charge in [0.15, 0.2) is 0 Å². The van der Waals surface area contributed by atoms with Crippen molar-refractivity contribution in [2.45, 2.75) is 51.3 Å². The highest BCUT2D eigenvalue weighted by Gasteiger charge is 2.18. The molecule has 0 aromatic heterocycles. The maximum atomic E-state index is 12.9. The fraction of sp³-hybridized carbons (Fsp3) is 0.333. The number of benzene rings is 2. The molecule has 0 N–H and O–H groups in total. The Morgan fingerprint density at radius 3 is 1.50 bits per heavy atom. The number of hydrogen-bond donors (Lipinski definition) is 0. The van der Waals surface area contributed by atoms with E-state index >= 15 is 0 Å². The van der Waals surface area contributed by atoms with Gasteiger partial charge >= 0.3 is 0 Å². The molecule has 0 amide bonds. The van der Waals surface area contributed by atoms with Gasteiger partial charge in [0.25, 0.3) is 0 Å². The predicted octanol–water partition coefficient (Wildman–Crippen LogP) is 4.70. The molecule has 2 aromatic carbocycles. The Morgan fingerprint density at radius 2 is 1.05 bits per heavy atom. The van der Waals surface area contributed by atoms with Gasteiger partial charge in [0, 0.05) is 4.90 Å². The van der Waals surface area contributed by atoms with Gasteiger partial charge in [0.2, 0.25) is 0 Å². The molecule has 106 valence electrons. The first-order valence-corrected chi connectivity index (χ1v) is 8.05. The van der Waals surface area contributed by atoms with Crippen LogP contribution in [0, 0.1) is 41.5 Å². The standard InChI is InChI=1S/C18H22OS/c1-11-7-9-17(10-8-11)20(19)18-15(5)13(3)12(2)14(4)16(18)6/h7-10H,1-6H3. The van der Waals surface area contributed by atoms with Crippen LogP contribution in [0.2, 0.25) is 0 Å². The molecule has 0 saturated carbocycles. The van der Waals surface area contributed by atoms with E-state index in [1.807, 2.05) is 31.2 Å². The molecule has 2 rings (SSSR count). The van der Waals surface area contributed by atoms with Crippen LogP contribution >= 0.6 is 0 Å². The molecule has 20 heavy (non-hydrogen) atoms. The SMILES string of the molecule is Cc1ccc(S(=O)c2c(C)c(C)c(C)c(C)c2C)cc1. The molecule has 0 spiro atoms. The van der Waals surface area contributed by atoms with E-state index in [4.69, 9.17) is 0 Å². The van der Waals surface area contributed by atoms with Crippen LogP contribution < -0.4 is 0 Å². The van der Waals surface area contributed by atoms with Crippen LogP contribution in [0.3, 0.4) is 0 Å². The van der Waals surface area contributed by atoms with Crippen LogP contribution in [-0.4, -0.2) is 4.21 Å². The van der Waals surface area contributed by atoms with Gasteiger partial charge in [0.05, 0.1) is 15.7 Å². The van der Waals surface area contributed by atoms with E-state index < -0.39 is 10.8 Å². The molecule has 0 bridgehead atoms. The molecular weight excluding hydrogens is 264 g/mol. The highest BCUT2D eigenvalue weighted by molar-refractivity contribution is 7.85. The molecule has 1 nitrogen and oxygen atoms in total. The molecule has 0 aliphatic carbocycles. The Kier molecular flexibility index (Phi) is 4.14. The second kappa shape index (κ2) is 5.53. The maximum Gasteiger partial charge on any atom is 0.0855 e. The molecule has 0 saturated heterocycles. The van der Waals surface area contributed by atoms with Crippen LogP contribution in [-0.2, 0) is 10.8 Å². The van der Waals surface area contributed by atoms with Crippen molar-refractivity contribution in [3.05, 3.63) is 57.6 Å². The van der Waals surface area contributed by atoms with Crippen LogP contribution in [0.15, 0.2) is 34.1 Å². The minimum absolute atomic E-state index is 0.879. The van der Waals surface area contributed by atoms with Gasteiger partial charge in [-0.25, -0.2) is 4.21 Å². The highest BCUT2D eigenvalue weighted by atomic mass is 32.2. The van der Waals surface area contributed by atoms with Crippen molar-refractivity contribution in [3.63, 3.8) is 0 Å². The van der Waals surface area contributed by atoms with E-state index in [9.17, 15) is 4.21 Å². The molecule has 0 aliphatic heterocycles. The second-order valence-electron chi connectivity index (χ2n) is 5.54. The summed E-state index contributed by atoms with van der Waals surface area (Å²) in [5.41, 5.74) is 7.32. The van der Waals surface area contributed by atoms with Gasteiger partial charge in [0.1, 0.15) is 0 Å². The third kappa shape index (κ3) is 2.45. The van der Waals surface area contributed by atoms with Crippen molar-refractivity contribution in [2.24, 2.45) is 0 Å². The molecule has 0 heterocycles. The Balaban J connectivity index is 2.64. The largest absolute Gasteiger partial charge is 0.249 e. The highest BCUT2D eigenvalue weighted by Crippen LogP contribution is 2.31. The van der Waals surface area contributed by atoms with Crippen molar-refractivity contribution in [1.82, 2.24) is 0 Å².